The smallest absolute Gasteiger partial charge is 0.251 e. The van der Waals surface area contributed by atoms with E-state index in [2.05, 4.69) is 15.8 Å². The van der Waals surface area contributed by atoms with E-state index in [0.717, 1.165) is 0 Å². The number of nitrogens with one attached hydrogen (secondary N) is 2. The number of hydrogen-bond acceptors (Lipinski definition) is 4. The molecule has 0 fully saturated rings. The lowest BCUT2D eigenvalue weighted by atomic mass is 10.2. The molecule has 20 heavy (non-hydrogen) atoms. The molecule has 6 nitrogen and oxygen atoms in total. The number of amides is 2. The van der Waals surface area contributed by atoms with Crippen molar-refractivity contribution in [2.75, 3.05) is 11.9 Å². The summed E-state index contributed by atoms with van der Waals surface area (Å²) in [4.78, 5) is 23.4. The van der Waals surface area contributed by atoms with Crippen LogP contribution in [0.5, 0.6) is 0 Å². The Morgan fingerprint density at radius 1 is 1.35 bits per heavy atom. The number of halogens is 1. The second kappa shape index (κ2) is 6.21. The van der Waals surface area contributed by atoms with Gasteiger partial charge in [-0.2, -0.15) is 0 Å². The SMILES string of the molecule is Cc1cc(NC(=O)CNC(=O)c2cccc(Cl)c2)no1. The minimum atomic E-state index is -0.395. The standard InChI is InChI=1S/C13H12ClN3O3/c1-8-5-11(17-20-8)16-12(18)7-15-13(19)9-3-2-4-10(14)6-9/h2-6H,7H2,1H3,(H,15,19)(H,16,17,18). The van der Waals surface area contributed by atoms with Crippen LogP contribution in [-0.4, -0.2) is 23.5 Å². The minimum absolute atomic E-state index is 0.169. The number of anilines is 1. The zero-order chi connectivity index (χ0) is 14.5. The van der Waals surface area contributed by atoms with E-state index in [1.54, 1.807) is 31.2 Å². The Bertz CT molecular complexity index is 639. The van der Waals surface area contributed by atoms with Gasteiger partial charge in [0.25, 0.3) is 5.91 Å². The Balaban J connectivity index is 1.85. The van der Waals surface area contributed by atoms with Gasteiger partial charge in [-0.15, -0.1) is 0 Å². The summed E-state index contributed by atoms with van der Waals surface area (Å²) in [5.41, 5.74) is 0.391. The molecule has 2 rings (SSSR count). The van der Waals surface area contributed by atoms with Crippen LogP contribution in [0.1, 0.15) is 16.1 Å². The molecule has 0 saturated carbocycles. The molecule has 1 aromatic carbocycles. The van der Waals surface area contributed by atoms with Gasteiger partial charge in [-0.05, 0) is 25.1 Å². The molecule has 0 bridgehead atoms. The number of rotatable bonds is 4. The van der Waals surface area contributed by atoms with Gasteiger partial charge in [-0.1, -0.05) is 22.8 Å². The van der Waals surface area contributed by atoms with Crippen LogP contribution in [0, 0.1) is 6.92 Å². The van der Waals surface area contributed by atoms with Crippen LogP contribution in [0.2, 0.25) is 5.02 Å². The first kappa shape index (κ1) is 14.1. The molecular weight excluding hydrogens is 282 g/mol. The van der Waals surface area contributed by atoms with Gasteiger partial charge in [-0.25, -0.2) is 0 Å². The highest BCUT2D eigenvalue weighted by Crippen LogP contribution is 2.10. The van der Waals surface area contributed by atoms with Crippen molar-refractivity contribution in [3.63, 3.8) is 0 Å². The fourth-order valence-electron chi connectivity index (χ4n) is 1.50. The van der Waals surface area contributed by atoms with Crippen molar-refractivity contribution >= 4 is 29.2 Å². The summed E-state index contributed by atoms with van der Waals surface area (Å²) in [6.45, 7) is 1.54. The number of aromatic nitrogens is 1. The normalized spacial score (nSPS) is 10.1. The third-order valence-electron chi connectivity index (χ3n) is 2.39. The van der Waals surface area contributed by atoms with Gasteiger partial charge in [0.2, 0.25) is 5.91 Å². The molecule has 7 heteroatoms. The predicted molar refractivity (Wildman–Crippen MR) is 73.7 cm³/mol. The molecule has 0 saturated heterocycles. The van der Waals surface area contributed by atoms with Gasteiger partial charge in [0, 0.05) is 16.7 Å². The molecule has 0 atom stereocenters. The second-order valence-corrected chi connectivity index (χ2v) is 4.50. The molecule has 1 aromatic heterocycles. The number of nitrogens with zero attached hydrogens (tertiary/aromatic N) is 1. The van der Waals surface area contributed by atoms with E-state index in [1.807, 2.05) is 0 Å². The van der Waals surface area contributed by atoms with E-state index in [4.69, 9.17) is 16.1 Å². The number of aryl methyl sites for hydroxylation is 1. The highest BCUT2D eigenvalue weighted by Gasteiger charge is 2.10. The lowest BCUT2D eigenvalue weighted by molar-refractivity contribution is -0.115. The fraction of sp³-hybridized carbons (Fsp3) is 0.154. The van der Waals surface area contributed by atoms with E-state index in [0.29, 0.717) is 22.2 Å². The zero-order valence-electron chi connectivity index (χ0n) is 10.6. The van der Waals surface area contributed by atoms with E-state index in [-0.39, 0.29) is 12.5 Å². The summed E-state index contributed by atoms with van der Waals surface area (Å²) in [5.74, 6) is 0.125. The Labute approximate surface area is 120 Å². The Kier molecular flexibility index (Phi) is 4.37. The van der Waals surface area contributed by atoms with Crippen molar-refractivity contribution in [1.29, 1.82) is 0 Å². The van der Waals surface area contributed by atoms with E-state index >= 15 is 0 Å². The average Bonchev–Trinajstić information content (AvgIpc) is 2.81. The van der Waals surface area contributed by atoms with Crippen LogP contribution in [0.4, 0.5) is 5.82 Å². The van der Waals surface area contributed by atoms with E-state index in [1.165, 1.54) is 6.07 Å². The van der Waals surface area contributed by atoms with Gasteiger partial charge in [0.05, 0.1) is 6.54 Å². The van der Waals surface area contributed by atoms with Crippen LogP contribution >= 0.6 is 11.6 Å². The summed E-state index contributed by atoms with van der Waals surface area (Å²) < 4.78 is 4.81. The molecular formula is C13H12ClN3O3. The van der Waals surface area contributed by atoms with Gasteiger partial charge in [0.1, 0.15) is 5.76 Å². The fourth-order valence-corrected chi connectivity index (χ4v) is 1.69. The largest absolute Gasteiger partial charge is 0.360 e. The minimum Gasteiger partial charge on any atom is -0.360 e. The van der Waals surface area contributed by atoms with Gasteiger partial charge >= 0.3 is 0 Å². The van der Waals surface area contributed by atoms with Crippen molar-refractivity contribution in [2.45, 2.75) is 6.92 Å². The van der Waals surface area contributed by atoms with Gasteiger partial charge in [-0.3, -0.25) is 9.59 Å². The maximum absolute atomic E-state index is 11.8. The van der Waals surface area contributed by atoms with Crippen molar-refractivity contribution in [3.05, 3.63) is 46.7 Å². The molecule has 0 unspecified atom stereocenters. The molecule has 0 radical (unpaired) electrons. The molecule has 104 valence electrons. The summed E-state index contributed by atoms with van der Waals surface area (Å²) in [7, 11) is 0. The molecule has 0 aliphatic rings. The first-order valence-electron chi connectivity index (χ1n) is 5.81. The van der Waals surface area contributed by atoms with Gasteiger partial charge in [0.15, 0.2) is 5.82 Å². The van der Waals surface area contributed by atoms with Crippen molar-refractivity contribution < 1.29 is 14.1 Å². The lowest BCUT2D eigenvalue weighted by Crippen LogP contribution is -2.32. The highest BCUT2D eigenvalue weighted by atomic mass is 35.5. The van der Waals surface area contributed by atoms with Crippen LogP contribution in [-0.2, 0) is 4.79 Å². The summed E-state index contributed by atoms with van der Waals surface area (Å²) in [5, 5.41) is 9.06. The van der Waals surface area contributed by atoms with Crippen molar-refractivity contribution in [1.82, 2.24) is 10.5 Å². The maximum Gasteiger partial charge on any atom is 0.251 e. The van der Waals surface area contributed by atoms with Crippen molar-refractivity contribution in [2.24, 2.45) is 0 Å². The summed E-state index contributed by atoms with van der Waals surface area (Å²) in [6, 6.07) is 8.04. The maximum atomic E-state index is 11.8. The highest BCUT2D eigenvalue weighted by molar-refractivity contribution is 6.31. The number of carbonyl (C=O) groups excluding carboxylic acids is 2. The first-order chi connectivity index (χ1) is 9.54. The predicted octanol–water partition coefficient (Wildman–Crippen LogP) is 2.00. The first-order valence-corrected chi connectivity index (χ1v) is 6.19. The molecule has 2 amide bonds. The zero-order valence-corrected chi connectivity index (χ0v) is 11.4. The summed E-state index contributed by atoms with van der Waals surface area (Å²) >= 11 is 5.78. The Morgan fingerprint density at radius 3 is 2.80 bits per heavy atom. The quantitative estimate of drug-likeness (QED) is 0.903. The summed E-state index contributed by atoms with van der Waals surface area (Å²) in [6.07, 6.45) is 0. The number of carbonyl (C=O) groups is 2. The Morgan fingerprint density at radius 2 is 2.15 bits per heavy atom. The average molecular weight is 294 g/mol. The van der Waals surface area contributed by atoms with Crippen LogP contribution in [0.3, 0.4) is 0 Å². The number of hydrogen-bond donors (Lipinski definition) is 2. The molecule has 2 N–H and O–H groups in total. The van der Waals surface area contributed by atoms with Crippen LogP contribution < -0.4 is 10.6 Å². The van der Waals surface area contributed by atoms with Crippen molar-refractivity contribution in [3.8, 4) is 0 Å². The second-order valence-electron chi connectivity index (χ2n) is 4.06. The third-order valence-corrected chi connectivity index (χ3v) is 2.63. The Hall–Kier alpha value is -2.34. The molecule has 2 aromatic rings. The van der Waals surface area contributed by atoms with Gasteiger partial charge < -0.3 is 15.2 Å². The molecule has 0 spiro atoms. The van der Waals surface area contributed by atoms with E-state index < -0.39 is 5.91 Å². The topological polar surface area (TPSA) is 84.2 Å². The van der Waals surface area contributed by atoms with Crippen LogP contribution in [0.15, 0.2) is 34.9 Å². The van der Waals surface area contributed by atoms with E-state index in [9.17, 15) is 9.59 Å². The monoisotopic (exact) mass is 293 g/mol. The third kappa shape index (κ3) is 3.83. The molecule has 0 aliphatic carbocycles. The number of benzene rings is 1. The molecule has 0 aliphatic heterocycles. The lowest BCUT2D eigenvalue weighted by Gasteiger charge is -2.05. The molecule has 1 heterocycles. The van der Waals surface area contributed by atoms with Crippen LogP contribution in [0.25, 0.3) is 0 Å².